The maximum atomic E-state index is 14.1. The monoisotopic (exact) mass is 477 g/mol. The number of benzene rings is 2. The molecule has 0 N–H and O–H groups in total. The lowest BCUT2D eigenvalue weighted by atomic mass is 10.0. The Hall–Kier alpha value is -2.61. The summed E-state index contributed by atoms with van der Waals surface area (Å²) in [4.78, 5) is 22.7. The number of aromatic nitrogens is 1. The van der Waals surface area contributed by atoms with E-state index in [-0.39, 0.29) is 11.7 Å². The minimum absolute atomic E-state index is 0.0207. The van der Waals surface area contributed by atoms with Gasteiger partial charge in [-0.3, -0.25) is 9.69 Å². The zero-order valence-electron chi connectivity index (χ0n) is 20.0. The van der Waals surface area contributed by atoms with Crippen LogP contribution in [0.25, 0.3) is 22.2 Å². The van der Waals surface area contributed by atoms with Crippen LogP contribution in [0.4, 0.5) is 4.39 Å². The summed E-state index contributed by atoms with van der Waals surface area (Å²) in [5, 5.41) is 0.583. The molecule has 5 nitrogen and oxygen atoms in total. The molecule has 0 atom stereocenters. The molecule has 2 aliphatic heterocycles. The summed E-state index contributed by atoms with van der Waals surface area (Å²) in [6.07, 6.45) is 0. The van der Waals surface area contributed by atoms with Crippen LogP contribution < -0.4 is 0 Å². The summed E-state index contributed by atoms with van der Waals surface area (Å²) in [5.74, 6) is -0.372. The molecule has 0 unspecified atom stereocenters. The van der Waals surface area contributed by atoms with Crippen LogP contribution in [0.15, 0.2) is 48.5 Å². The number of hydrogen-bond acceptors (Lipinski definition) is 4. The summed E-state index contributed by atoms with van der Waals surface area (Å²) in [7, 11) is -1.20. The van der Waals surface area contributed by atoms with Gasteiger partial charge in [-0.25, -0.2) is 9.37 Å². The van der Waals surface area contributed by atoms with Gasteiger partial charge >= 0.3 is 0 Å². The first-order valence-corrected chi connectivity index (χ1v) is 15.6. The maximum absolute atomic E-state index is 14.1. The SMILES string of the molecule is C[Si]1(C)CCN(C(=O)c2cc(-c3ccc(CN4CCOCC4)cc3)nc3ccc(F)cc23)CC1. The summed E-state index contributed by atoms with van der Waals surface area (Å²) < 4.78 is 19.6. The molecule has 7 heteroatoms. The first-order chi connectivity index (χ1) is 16.4. The number of hydrogen-bond donors (Lipinski definition) is 0. The lowest BCUT2D eigenvalue weighted by Crippen LogP contribution is -2.45. The third-order valence-electron chi connectivity index (χ3n) is 7.16. The van der Waals surface area contributed by atoms with E-state index >= 15 is 0 Å². The standard InChI is InChI=1S/C27H32FN3O2Si/c1-34(2)15-11-31(12-16-34)27(32)24-18-26(29-25-8-7-22(28)17-23(24)25)21-5-3-20(4-6-21)19-30-9-13-33-14-10-30/h3-8,17-18H,9-16,19H2,1-2H3. The summed E-state index contributed by atoms with van der Waals surface area (Å²) >= 11 is 0. The number of amides is 1. The van der Waals surface area contributed by atoms with E-state index in [1.54, 1.807) is 6.07 Å². The maximum Gasteiger partial charge on any atom is 0.254 e. The highest BCUT2D eigenvalue weighted by molar-refractivity contribution is 6.77. The molecule has 3 heterocycles. The highest BCUT2D eigenvalue weighted by Crippen LogP contribution is 2.29. The van der Waals surface area contributed by atoms with Crippen LogP contribution in [0.5, 0.6) is 0 Å². The van der Waals surface area contributed by atoms with Gasteiger partial charge in [-0.15, -0.1) is 0 Å². The van der Waals surface area contributed by atoms with Crippen LogP contribution in [0, 0.1) is 5.82 Å². The van der Waals surface area contributed by atoms with E-state index < -0.39 is 8.07 Å². The minimum atomic E-state index is -1.20. The first kappa shape index (κ1) is 23.1. The molecule has 0 saturated carbocycles. The molecule has 178 valence electrons. The Balaban J connectivity index is 1.45. The zero-order valence-corrected chi connectivity index (χ0v) is 21.0. The highest BCUT2D eigenvalue weighted by Gasteiger charge is 2.30. The molecule has 0 spiro atoms. The number of ether oxygens (including phenoxy) is 1. The molecule has 3 aromatic rings. The van der Waals surface area contributed by atoms with E-state index in [0.29, 0.717) is 16.5 Å². The van der Waals surface area contributed by atoms with Gasteiger partial charge in [0.25, 0.3) is 5.91 Å². The number of fused-ring (bicyclic) bond motifs is 1. The van der Waals surface area contributed by atoms with E-state index in [2.05, 4.69) is 42.3 Å². The largest absolute Gasteiger partial charge is 0.379 e. The van der Waals surface area contributed by atoms with E-state index in [1.807, 2.05) is 11.0 Å². The molecule has 2 aliphatic rings. The van der Waals surface area contributed by atoms with Gasteiger partial charge in [0.1, 0.15) is 5.82 Å². The first-order valence-electron chi connectivity index (χ1n) is 12.2. The van der Waals surface area contributed by atoms with Gasteiger partial charge in [-0.1, -0.05) is 37.4 Å². The number of nitrogens with zero attached hydrogens (tertiary/aromatic N) is 3. The number of pyridine rings is 1. The Morgan fingerprint density at radius 2 is 1.71 bits per heavy atom. The van der Waals surface area contributed by atoms with Crippen LogP contribution in [-0.2, 0) is 11.3 Å². The van der Waals surface area contributed by atoms with Crippen LogP contribution in [-0.4, -0.2) is 68.2 Å². The Morgan fingerprint density at radius 3 is 2.41 bits per heavy atom. The molecule has 0 radical (unpaired) electrons. The third kappa shape index (κ3) is 5.06. The summed E-state index contributed by atoms with van der Waals surface area (Å²) in [5.41, 5.74) is 4.12. The molecule has 0 aliphatic carbocycles. The predicted molar refractivity (Wildman–Crippen MR) is 136 cm³/mol. The van der Waals surface area contributed by atoms with Crippen molar-refractivity contribution < 1.29 is 13.9 Å². The fourth-order valence-electron chi connectivity index (χ4n) is 4.81. The van der Waals surface area contributed by atoms with Crippen molar-refractivity contribution in [2.45, 2.75) is 31.7 Å². The Morgan fingerprint density at radius 1 is 1.00 bits per heavy atom. The number of carbonyl (C=O) groups is 1. The molecule has 5 rings (SSSR count). The van der Waals surface area contributed by atoms with E-state index in [0.717, 1.165) is 69.3 Å². The van der Waals surface area contributed by atoms with Crippen molar-refractivity contribution in [3.05, 3.63) is 65.5 Å². The van der Waals surface area contributed by atoms with Crippen LogP contribution in [0.1, 0.15) is 15.9 Å². The van der Waals surface area contributed by atoms with Crippen molar-refractivity contribution in [3.63, 3.8) is 0 Å². The van der Waals surface area contributed by atoms with Crippen LogP contribution in [0.2, 0.25) is 25.2 Å². The fraction of sp³-hybridized carbons (Fsp3) is 0.407. The molecule has 2 saturated heterocycles. The number of morpholine rings is 1. The zero-order chi connectivity index (χ0) is 23.7. The quantitative estimate of drug-likeness (QED) is 0.494. The van der Waals surface area contributed by atoms with Gasteiger partial charge in [0.15, 0.2) is 0 Å². The normalized spacial score (nSPS) is 18.9. The van der Waals surface area contributed by atoms with Crippen molar-refractivity contribution in [1.29, 1.82) is 0 Å². The summed E-state index contributed by atoms with van der Waals surface area (Å²) in [6.45, 7) is 10.7. The molecule has 2 fully saturated rings. The Bertz CT molecular complexity index is 1180. The van der Waals surface area contributed by atoms with Gasteiger partial charge in [0.2, 0.25) is 0 Å². The number of rotatable bonds is 4. The predicted octanol–water partition coefficient (Wildman–Crippen LogP) is 5.04. The lowest BCUT2D eigenvalue weighted by molar-refractivity contribution is 0.0342. The van der Waals surface area contributed by atoms with E-state index in [1.165, 1.54) is 17.7 Å². The molecular weight excluding hydrogens is 445 g/mol. The van der Waals surface area contributed by atoms with Gasteiger partial charge < -0.3 is 9.64 Å². The van der Waals surface area contributed by atoms with Crippen LogP contribution >= 0.6 is 0 Å². The van der Waals surface area contributed by atoms with Gasteiger partial charge in [0, 0.05) is 43.7 Å². The van der Waals surface area contributed by atoms with Crippen molar-refractivity contribution in [3.8, 4) is 11.3 Å². The molecular formula is C27H32FN3O2Si. The highest BCUT2D eigenvalue weighted by atomic mass is 28.3. The third-order valence-corrected chi connectivity index (χ3v) is 10.3. The number of halogens is 1. The van der Waals surface area contributed by atoms with Gasteiger partial charge in [0.05, 0.1) is 38.1 Å². The topological polar surface area (TPSA) is 45.7 Å². The van der Waals surface area contributed by atoms with Crippen molar-refractivity contribution in [1.82, 2.24) is 14.8 Å². The van der Waals surface area contributed by atoms with Crippen molar-refractivity contribution in [2.75, 3.05) is 39.4 Å². The van der Waals surface area contributed by atoms with E-state index in [4.69, 9.17) is 9.72 Å². The molecule has 34 heavy (non-hydrogen) atoms. The smallest absolute Gasteiger partial charge is 0.254 e. The lowest BCUT2D eigenvalue weighted by Gasteiger charge is -2.35. The average molecular weight is 478 g/mol. The van der Waals surface area contributed by atoms with Crippen molar-refractivity contribution >= 4 is 24.9 Å². The second-order valence-electron chi connectivity index (χ2n) is 10.3. The second-order valence-corrected chi connectivity index (χ2v) is 15.6. The van der Waals surface area contributed by atoms with Gasteiger partial charge in [-0.05, 0) is 41.9 Å². The molecule has 1 aromatic heterocycles. The Labute approximate surface area is 201 Å². The molecule has 0 bridgehead atoms. The van der Waals surface area contributed by atoms with Gasteiger partial charge in [-0.2, -0.15) is 0 Å². The molecule has 1 amide bonds. The summed E-state index contributed by atoms with van der Waals surface area (Å²) in [6, 6.07) is 17.0. The Kier molecular flexibility index (Phi) is 6.51. The fourth-order valence-corrected chi connectivity index (χ4v) is 6.81. The van der Waals surface area contributed by atoms with Crippen molar-refractivity contribution in [2.24, 2.45) is 0 Å². The number of carbonyl (C=O) groups excluding carboxylic acids is 1. The second kappa shape index (κ2) is 9.56. The minimum Gasteiger partial charge on any atom is -0.379 e. The molecule has 2 aromatic carbocycles. The average Bonchev–Trinajstić information content (AvgIpc) is 2.84. The van der Waals surface area contributed by atoms with Crippen LogP contribution in [0.3, 0.4) is 0 Å². The van der Waals surface area contributed by atoms with E-state index in [9.17, 15) is 9.18 Å².